The van der Waals surface area contributed by atoms with Gasteiger partial charge in [-0.25, -0.2) is 13.1 Å². The van der Waals surface area contributed by atoms with Gasteiger partial charge in [-0.1, -0.05) is 0 Å². The van der Waals surface area contributed by atoms with E-state index in [2.05, 4.69) is 4.72 Å². The van der Waals surface area contributed by atoms with Crippen LogP contribution in [0.15, 0.2) is 17.2 Å². The first-order valence-corrected chi connectivity index (χ1v) is 8.38. The Balaban J connectivity index is 2.25. The number of sulfonamides is 1. The van der Waals surface area contributed by atoms with Crippen LogP contribution in [0.2, 0.25) is 0 Å². The maximum atomic E-state index is 12.4. The largest absolute Gasteiger partial charge is 0.377 e. The first-order valence-electron chi connectivity index (χ1n) is 6.90. The van der Waals surface area contributed by atoms with Crippen molar-refractivity contribution in [2.24, 2.45) is 5.73 Å². The molecule has 0 bridgehead atoms. The van der Waals surface area contributed by atoms with E-state index in [9.17, 15) is 8.42 Å². The number of hydrogen-bond donors (Lipinski definition) is 2. The minimum absolute atomic E-state index is 0.0917. The van der Waals surface area contributed by atoms with Crippen LogP contribution < -0.4 is 10.5 Å². The predicted molar refractivity (Wildman–Crippen MR) is 76.8 cm³/mol. The van der Waals surface area contributed by atoms with Crippen molar-refractivity contribution in [1.82, 2.24) is 9.29 Å². The number of rotatable bonds is 5. The molecule has 20 heavy (non-hydrogen) atoms. The van der Waals surface area contributed by atoms with E-state index < -0.39 is 10.0 Å². The van der Waals surface area contributed by atoms with E-state index in [4.69, 9.17) is 10.5 Å². The maximum absolute atomic E-state index is 12.4. The molecule has 1 aliphatic heterocycles. The minimum atomic E-state index is -3.53. The second-order valence-electron chi connectivity index (χ2n) is 5.46. The van der Waals surface area contributed by atoms with Crippen LogP contribution in [-0.4, -0.2) is 31.7 Å². The van der Waals surface area contributed by atoms with Crippen LogP contribution >= 0.6 is 0 Å². The highest BCUT2D eigenvalue weighted by Gasteiger charge is 2.30. The maximum Gasteiger partial charge on any atom is 0.242 e. The molecule has 0 amide bonds. The van der Waals surface area contributed by atoms with Gasteiger partial charge in [0.15, 0.2) is 0 Å². The van der Waals surface area contributed by atoms with Crippen LogP contribution in [0.5, 0.6) is 0 Å². The lowest BCUT2D eigenvalue weighted by Crippen LogP contribution is -2.38. The molecular formula is C13H23N3O3S. The van der Waals surface area contributed by atoms with Crippen molar-refractivity contribution >= 4 is 10.0 Å². The summed E-state index contributed by atoms with van der Waals surface area (Å²) in [4.78, 5) is 0.269. The second-order valence-corrected chi connectivity index (χ2v) is 7.18. The molecule has 0 aliphatic carbocycles. The molecule has 0 aromatic carbocycles. The highest BCUT2D eigenvalue weighted by atomic mass is 32.2. The Morgan fingerprint density at radius 3 is 2.70 bits per heavy atom. The Bertz CT molecular complexity index is 565. The van der Waals surface area contributed by atoms with Crippen molar-refractivity contribution in [1.29, 1.82) is 0 Å². The molecule has 1 aromatic heterocycles. The summed E-state index contributed by atoms with van der Waals surface area (Å²) < 4.78 is 34.8. The lowest BCUT2D eigenvalue weighted by molar-refractivity contribution is 0.117. The van der Waals surface area contributed by atoms with Gasteiger partial charge in [0.1, 0.15) is 0 Å². The Morgan fingerprint density at radius 2 is 2.25 bits per heavy atom. The molecule has 1 fully saturated rings. The zero-order valence-corrected chi connectivity index (χ0v) is 13.0. The number of nitrogens with zero attached hydrogens (tertiary/aromatic N) is 1. The van der Waals surface area contributed by atoms with Gasteiger partial charge < -0.3 is 15.0 Å². The topological polar surface area (TPSA) is 86.3 Å². The first kappa shape index (κ1) is 15.5. The van der Waals surface area contributed by atoms with Gasteiger partial charge in [-0.3, -0.25) is 0 Å². The molecule has 114 valence electrons. The van der Waals surface area contributed by atoms with E-state index >= 15 is 0 Å². The fourth-order valence-electron chi connectivity index (χ4n) is 2.44. The number of nitrogens with one attached hydrogen (secondary N) is 1. The van der Waals surface area contributed by atoms with E-state index in [1.807, 2.05) is 25.3 Å². The molecule has 0 saturated carbocycles. The van der Waals surface area contributed by atoms with Crippen LogP contribution in [-0.2, 0) is 21.3 Å². The third-order valence-electron chi connectivity index (χ3n) is 3.67. The third kappa shape index (κ3) is 3.06. The third-order valence-corrected chi connectivity index (χ3v) is 5.12. The predicted octanol–water partition coefficient (Wildman–Crippen LogP) is 0.983. The summed E-state index contributed by atoms with van der Waals surface area (Å²) >= 11 is 0. The summed E-state index contributed by atoms with van der Waals surface area (Å²) in [6.45, 7) is 6.78. The first-order chi connectivity index (χ1) is 9.35. The monoisotopic (exact) mass is 301 g/mol. The number of ether oxygens (including phenoxy) is 1. The Kier molecular flexibility index (Phi) is 4.53. The molecule has 3 N–H and O–H groups in total. The second kappa shape index (κ2) is 5.85. The molecule has 1 aliphatic rings. The molecule has 7 heteroatoms. The van der Waals surface area contributed by atoms with E-state index in [0.29, 0.717) is 19.6 Å². The van der Waals surface area contributed by atoms with Crippen molar-refractivity contribution in [2.45, 2.75) is 56.8 Å². The molecule has 2 unspecified atom stereocenters. The van der Waals surface area contributed by atoms with Crippen LogP contribution in [0.3, 0.4) is 0 Å². The Labute approximate surface area is 120 Å². The number of aromatic nitrogens is 1. The van der Waals surface area contributed by atoms with Crippen LogP contribution in [0, 0.1) is 0 Å². The summed E-state index contributed by atoms with van der Waals surface area (Å²) in [7, 11) is -3.53. The molecule has 6 nitrogen and oxygen atoms in total. The van der Waals surface area contributed by atoms with Gasteiger partial charge in [-0.15, -0.1) is 0 Å². The molecular weight excluding hydrogens is 278 g/mol. The van der Waals surface area contributed by atoms with E-state index in [1.165, 1.54) is 0 Å². The lowest BCUT2D eigenvalue weighted by Gasteiger charge is -2.15. The fourth-order valence-corrected chi connectivity index (χ4v) is 3.83. The lowest BCUT2D eigenvalue weighted by atomic mass is 10.2. The van der Waals surface area contributed by atoms with E-state index in [1.54, 1.807) is 12.3 Å². The fraction of sp³-hybridized carbons (Fsp3) is 0.692. The molecule has 2 rings (SSSR count). The van der Waals surface area contributed by atoms with Gasteiger partial charge in [0.25, 0.3) is 0 Å². The van der Waals surface area contributed by atoms with Crippen molar-refractivity contribution in [3.8, 4) is 0 Å². The van der Waals surface area contributed by atoms with Gasteiger partial charge in [-0.05, 0) is 33.3 Å². The molecule has 1 aromatic rings. The van der Waals surface area contributed by atoms with Crippen LogP contribution in [0.4, 0.5) is 0 Å². The molecule has 0 spiro atoms. The average molecular weight is 301 g/mol. The van der Waals surface area contributed by atoms with Gasteiger partial charge >= 0.3 is 0 Å². The number of hydrogen-bond acceptors (Lipinski definition) is 4. The molecule has 2 atom stereocenters. The van der Waals surface area contributed by atoms with E-state index in [0.717, 1.165) is 5.69 Å². The molecule has 1 saturated heterocycles. The highest BCUT2D eigenvalue weighted by molar-refractivity contribution is 7.89. The normalized spacial score (nSPS) is 23.6. The standard InChI is InChI=1S/C13H23N3O3S/c1-9(2)16-8-12(6-11(16)7-14)20(17,18)15-13-4-5-19-10(13)3/h6,8-10,13,15H,4-5,7,14H2,1-3H3. The van der Waals surface area contributed by atoms with Gasteiger partial charge in [-0.2, -0.15) is 0 Å². The van der Waals surface area contributed by atoms with Gasteiger partial charge in [0, 0.05) is 31.1 Å². The quantitative estimate of drug-likeness (QED) is 0.849. The SMILES string of the molecule is CC1OCCC1NS(=O)(=O)c1cc(CN)n(C(C)C)c1. The molecule has 2 heterocycles. The minimum Gasteiger partial charge on any atom is -0.377 e. The van der Waals surface area contributed by atoms with Crippen molar-refractivity contribution in [3.63, 3.8) is 0 Å². The van der Waals surface area contributed by atoms with Crippen LogP contribution in [0.25, 0.3) is 0 Å². The Hall–Kier alpha value is -0.890. The highest BCUT2D eigenvalue weighted by Crippen LogP contribution is 2.21. The van der Waals surface area contributed by atoms with Crippen molar-refractivity contribution in [2.75, 3.05) is 6.61 Å². The average Bonchev–Trinajstić information content (AvgIpc) is 2.96. The summed E-state index contributed by atoms with van der Waals surface area (Å²) in [6, 6.07) is 1.65. The van der Waals surface area contributed by atoms with E-state index in [-0.39, 0.29) is 23.1 Å². The van der Waals surface area contributed by atoms with Gasteiger partial charge in [0.05, 0.1) is 17.0 Å². The summed E-state index contributed by atoms with van der Waals surface area (Å²) in [5, 5.41) is 0. The zero-order chi connectivity index (χ0) is 14.9. The summed E-state index contributed by atoms with van der Waals surface area (Å²) in [5.74, 6) is 0. The zero-order valence-electron chi connectivity index (χ0n) is 12.2. The van der Waals surface area contributed by atoms with Gasteiger partial charge in [0.2, 0.25) is 10.0 Å². The van der Waals surface area contributed by atoms with Crippen molar-refractivity contribution < 1.29 is 13.2 Å². The molecule has 0 radical (unpaired) electrons. The van der Waals surface area contributed by atoms with Crippen molar-refractivity contribution in [3.05, 3.63) is 18.0 Å². The Morgan fingerprint density at radius 1 is 1.55 bits per heavy atom. The smallest absolute Gasteiger partial charge is 0.242 e. The number of nitrogens with two attached hydrogens (primary N) is 1. The summed E-state index contributed by atoms with van der Waals surface area (Å²) in [6.07, 6.45) is 2.26. The van der Waals surface area contributed by atoms with Crippen LogP contribution in [0.1, 0.15) is 38.9 Å². The summed E-state index contributed by atoms with van der Waals surface area (Å²) in [5.41, 5.74) is 6.49.